The lowest BCUT2D eigenvalue weighted by atomic mass is 9.88. The summed E-state index contributed by atoms with van der Waals surface area (Å²) >= 11 is 0. The second-order valence-corrected chi connectivity index (χ2v) is 6.49. The Labute approximate surface area is 110 Å². The Morgan fingerprint density at radius 3 is 2.67 bits per heavy atom. The summed E-state index contributed by atoms with van der Waals surface area (Å²) in [6.45, 7) is 9.76. The summed E-state index contributed by atoms with van der Waals surface area (Å²) in [7, 11) is 0. The van der Waals surface area contributed by atoms with Crippen molar-refractivity contribution in [3.8, 4) is 0 Å². The number of carbonyl (C=O) groups excluding carboxylic acids is 1. The van der Waals surface area contributed by atoms with E-state index in [0.29, 0.717) is 18.2 Å². The number of nitrogens with zero attached hydrogens (tertiary/aromatic N) is 1. The predicted molar refractivity (Wildman–Crippen MR) is 76.0 cm³/mol. The topological polar surface area (TPSA) is 20.3 Å². The van der Waals surface area contributed by atoms with E-state index in [1.807, 2.05) is 20.8 Å². The molecule has 0 fully saturated rings. The lowest BCUT2D eigenvalue weighted by molar-refractivity contribution is -0.124. The lowest BCUT2D eigenvalue weighted by Gasteiger charge is -2.35. The third-order valence-corrected chi connectivity index (χ3v) is 3.60. The van der Waals surface area contributed by atoms with Gasteiger partial charge in [-0.3, -0.25) is 4.79 Å². The number of ketones is 1. The summed E-state index contributed by atoms with van der Waals surface area (Å²) in [5.41, 5.74) is 2.36. The normalized spacial score (nSPS) is 19.6. The summed E-state index contributed by atoms with van der Waals surface area (Å²) in [5.74, 6) is 0.930. The van der Waals surface area contributed by atoms with Crippen molar-refractivity contribution in [1.29, 1.82) is 0 Å². The van der Waals surface area contributed by atoms with E-state index in [0.717, 1.165) is 13.0 Å². The fourth-order valence-electron chi connectivity index (χ4n) is 2.47. The van der Waals surface area contributed by atoms with E-state index in [4.69, 9.17) is 0 Å². The first-order valence-electron chi connectivity index (χ1n) is 6.74. The van der Waals surface area contributed by atoms with Gasteiger partial charge >= 0.3 is 0 Å². The molecule has 0 saturated heterocycles. The standard InChI is InChI=1S/C16H23NO/c1-12-9-13-7-5-6-8-14(13)17(10-12)11-15(18)16(2,3)4/h5-8,12H,9-11H2,1-4H3. The number of Topliss-reactive ketones (excluding diaryl/α,β-unsaturated/α-hetero) is 1. The summed E-state index contributed by atoms with van der Waals surface area (Å²) in [4.78, 5) is 14.5. The van der Waals surface area contributed by atoms with Crippen molar-refractivity contribution in [3.63, 3.8) is 0 Å². The van der Waals surface area contributed by atoms with Gasteiger partial charge in [0.15, 0.2) is 5.78 Å². The number of para-hydroxylation sites is 1. The highest BCUT2D eigenvalue weighted by atomic mass is 16.1. The van der Waals surface area contributed by atoms with Crippen LogP contribution in [0.25, 0.3) is 0 Å². The molecule has 0 amide bonds. The molecule has 1 aliphatic heterocycles. The minimum Gasteiger partial charge on any atom is -0.364 e. The quantitative estimate of drug-likeness (QED) is 0.797. The number of hydrogen-bond acceptors (Lipinski definition) is 2. The van der Waals surface area contributed by atoms with E-state index in [9.17, 15) is 4.79 Å². The van der Waals surface area contributed by atoms with Crippen LogP contribution in [0, 0.1) is 11.3 Å². The number of anilines is 1. The molecule has 1 aromatic carbocycles. The Morgan fingerprint density at radius 1 is 1.33 bits per heavy atom. The Bertz CT molecular complexity index is 445. The van der Waals surface area contributed by atoms with Crippen LogP contribution in [0.1, 0.15) is 33.3 Å². The zero-order chi connectivity index (χ0) is 13.3. The van der Waals surface area contributed by atoms with Crippen LogP contribution in [0.4, 0.5) is 5.69 Å². The second-order valence-electron chi connectivity index (χ2n) is 6.49. The summed E-state index contributed by atoms with van der Waals surface area (Å²) in [6, 6.07) is 8.46. The largest absolute Gasteiger partial charge is 0.364 e. The smallest absolute Gasteiger partial charge is 0.157 e. The molecule has 0 aromatic heterocycles. The minimum atomic E-state index is -0.254. The van der Waals surface area contributed by atoms with Crippen molar-refractivity contribution < 1.29 is 4.79 Å². The van der Waals surface area contributed by atoms with Gasteiger partial charge in [-0.15, -0.1) is 0 Å². The minimum absolute atomic E-state index is 0.254. The highest BCUT2D eigenvalue weighted by molar-refractivity contribution is 5.88. The third-order valence-electron chi connectivity index (χ3n) is 3.60. The van der Waals surface area contributed by atoms with Gasteiger partial charge in [-0.2, -0.15) is 0 Å². The molecule has 0 radical (unpaired) electrons. The van der Waals surface area contributed by atoms with E-state index in [2.05, 4.69) is 36.1 Å². The van der Waals surface area contributed by atoms with E-state index in [-0.39, 0.29) is 5.41 Å². The number of rotatable bonds is 2. The zero-order valence-corrected chi connectivity index (χ0v) is 11.9. The molecule has 1 aromatic rings. The maximum atomic E-state index is 12.2. The Hall–Kier alpha value is -1.31. The van der Waals surface area contributed by atoms with Crippen LogP contribution in [0.3, 0.4) is 0 Å². The molecule has 1 aliphatic rings. The van der Waals surface area contributed by atoms with Gasteiger partial charge in [-0.1, -0.05) is 45.9 Å². The summed E-state index contributed by atoms with van der Waals surface area (Å²) in [5, 5.41) is 0. The second kappa shape index (κ2) is 4.75. The lowest BCUT2D eigenvalue weighted by Crippen LogP contribution is -2.41. The van der Waals surface area contributed by atoms with Gasteiger partial charge in [0.05, 0.1) is 6.54 Å². The maximum Gasteiger partial charge on any atom is 0.157 e. The van der Waals surface area contributed by atoms with Crippen molar-refractivity contribution in [1.82, 2.24) is 0 Å². The molecule has 2 heteroatoms. The number of carbonyl (C=O) groups is 1. The zero-order valence-electron chi connectivity index (χ0n) is 11.9. The predicted octanol–water partition coefficient (Wildman–Crippen LogP) is 3.30. The average Bonchev–Trinajstić information content (AvgIpc) is 2.27. The van der Waals surface area contributed by atoms with Crippen molar-refractivity contribution in [2.75, 3.05) is 18.0 Å². The van der Waals surface area contributed by atoms with Gasteiger partial charge in [0, 0.05) is 17.6 Å². The van der Waals surface area contributed by atoms with E-state index >= 15 is 0 Å². The molecule has 1 unspecified atom stereocenters. The highest BCUT2D eigenvalue weighted by Crippen LogP contribution is 2.30. The molecule has 1 heterocycles. The third kappa shape index (κ3) is 2.74. The van der Waals surface area contributed by atoms with Crippen molar-refractivity contribution in [3.05, 3.63) is 29.8 Å². The molecule has 0 bridgehead atoms. The van der Waals surface area contributed by atoms with Crippen molar-refractivity contribution in [2.24, 2.45) is 11.3 Å². The molecule has 0 aliphatic carbocycles. The molecule has 1 atom stereocenters. The number of benzene rings is 1. The Balaban J connectivity index is 2.22. The fraction of sp³-hybridized carbons (Fsp3) is 0.562. The van der Waals surface area contributed by atoms with Gasteiger partial charge in [0.1, 0.15) is 0 Å². The van der Waals surface area contributed by atoms with Gasteiger partial charge in [0.2, 0.25) is 0 Å². The molecule has 0 spiro atoms. The van der Waals surface area contributed by atoms with Gasteiger partial charge < -0.3 is 4.90 Å². The van der Waals surface area contributed by atoms with Crippen molar-refractivity contribution >= 4 is 11.5 Å². The maximum absolute atomic E-state index is 12.2. The van der Waals surface area contributed by atoms with Gasteiger partial charge in [0.25, 0.3) is 0 Å². The molecule has 98 valence electrons. The van der Waals surface area contributed by atoms with Crippen molar-refractivity contribution in [2.45, 2.75) is 34.1 Å². The van der Waals surface area contributed by atoms with Crippen LogP contribution >= 0.6 is 0 Å². The first-order valence-corrected chi connectivity index (χ1v) is 6.74. The molecular formula is C16H23NO. The fourth-order valence-corrected chi connectivity index (χ4v) is 2.47. The van der Waals surface area contributed by atoms with Crippen LogP contribution in [0.2, 0.25) is 0 Å². The SMILES string of the molecule is CC1Cc2ccccc2N(CC(=O)C(C)(C)C)C1. The molecule has 2 rings (SSSR count). The first-order chi connectivity index (χ1) is 8.38. The highest BCUT2D eigenvalue weighted by Gasteiger charge is 2.27. The summed E-state index contributed by atoms with van der Waals surface area (Å²) < 4.78 is 0. The van der Waals surface area contributed by atoms with Crippen LogP contribution in [0.15, 0.2) is 24.3 Å². The molecule has 0 saturated carbocycles. The monoisotopic (exact) mass is 245 g/mol. The molecular weight excluding hydrogens is 222 g/mol. The molecule has 18 heavy (non-hydrogen) atoms. The molecule has 0 N–H and O–H groups in total. The van der Waals surface area contributed by atoms with Gasteiger partial charge in [-0.25, -0.2) is 0 Å². The number of fused-ring (bicyclic) bond motifs is 1. The summed E-state index contributed by atoms with van der Waals surface area (Å²) in [6.07, 6.45) is 1.12. The van der Waals surface area contributed by atoms with E-state index in [1.54, 1.807) is 0 Å². The van der Waals surface area contributed by atoms with E-state index < -0.39 is 0 Å². The Morgan fingerprint density at radius 2 is 2.00 bits per heavy atom. The van der Waals surface area contributed by atoms with Gasteiger partial charge in [-0.05, 0) is 24.0 Å². The van der Waals surface area contributed by atoms with E-state index in [1.165, 1.54) is 11.3 Å². The van der Waals surface area contributed by atoms with Crippen LogP contribution in [0.5, 0.6) is 0 Å². The molecule has 2 nitrogen and oxygen atoms in total. The van der Waals surface area contributed by atoms with Crippen LogP contribution in [-0.4, -0.2) is 18.9 Å². The van der Waals surface area contributed by atoms with Crippen LogP contribution in [-0.2, 0) is 11.2 Å². The first kappa shape index (κ1) is 13.1. The van der Waals surface area contributed by atoms with Crippen LogP contribution < -0.4 is 4.90 Å². The number of hydrogen-bond donors (Lipinski definition) is 0. The average molecular weight is 245 g/mol. The Kier molecular flexibility index (Phi) is 3.47.